The first kappa shape index (κ1) is 17.5. The minimum absolute atomic E-state index is 0.0580. The van der Waals surface area contributed by atoms with E-state index < -0.39 is 0 Å². The Labute approximate surface area is 148 Å². The summed E-state index contributed by atoms with van der Waals surface area (Å²) >= 11 is 0. The maximum atomic E-state index is 12.8. The smallest absolute Gasteiger partial charge is 0.317 e. The summed E-state index contributed by atoms with van der Waals surface area (Å²) in [6, 6.07) is 0.0289. The minimum Gasteiger partial charge on any atom is -0.317 e. The molecule has 25 heavy (non-hydrogen) atoms. The van der Waals surface area contributed by atoms with Crippen LogP contribution in [-0.4, -0.2) is 37.5 Å². The SMILES string of the molecule is Cc1c(NC(=O)N2CCCC[C@H]2c2cn[nH]c2)cnn1CCC(C)C. The topological polar surface area (TPSA) is 78.8 Å². The Hall–Kier alpha value is -2.31. The van der Waals surface area contributed by atoms with Gasteiger partial charge in [0.05, 0.1) is 29.8 Å². The Morgan fingerprint density at radius 3 is 2.96 bits per heavy atom. The molecule has 3 rings (SSSR count). The Morgan fingerprint density at radius 1 is 1.40 bits per heavy atom. The van der Waals surface area contributed by atoms with Crippen molar-refractivity contribution < 1.29 is 4.79 Å². The van der Waals surface area contributed by atoms with Gasteiger partial charge in [0.1, 0.15) is 0 Å². The van der Waals surface area contributed by atoms with E-state index in [2.05, 4.69) is 34.5 Å². The summed E-state index contributed by atoms with van der Waals surface area (Å²) < 4.78 is 1.97. The molecule has 1 fully saturated rings. The standard InChI is InChI=1S/C18H28N6O/c1-13(2)7-9-24-14(3)16(12-21-24)22-18(25)23-8-5-4-6-17(23)15-10-19-20-11-15/h10-13,17H,4-9H2,1-3H3,(H,19,20)(H,22,25)/t17-/m0/s1. The van der Waals surface area contributed by atoms with E-state index >= 15 is 0 Å². The summed E-state index contributed by atoms with van der Waals surface area (Å²) in [4.78, 5) is 14.8. The molecular formula is C18H28N6O. The van der Waals surface area contributed by atoms with Crippen molar-refractivity contribution in [3.05, 3.63) is 29.8 Å². The molecule has 0 spiro atoms. The van der Waals surface area contributed by atoms with Crippen LogP contribution in [0.2, 0.25) is 0 Å². The predicted molar refractivity (Wildman–Crippen MR) is 97.3 cm³/mol. The van der Waals surface area contributed by atoms with E-state index in [1.807, 2.05) is 28.9 Å². The summed E-state index contributed by atoms with van der Waals surface area (Å²) in [6.45, 7) is 8.05. The third kappa shape index (κ3) is 4.03. The first-order chi connectivity index (χ1) is 12.1. The second-order valence-corrected chi connectivity index (χ2v) is 7.22. The molecule has 1 aliphatic rings. The molecule has 1 saturated heterocycles. The number of aromatic nitrogens is 4. The number of hydrogen-bond donors (Lipinski definition) is 2. The lowest BCUT2D eigenvalue weighted by molar-refractivity contribution is 0.163. The number of carbonyl (C=O) groups excluding carboxylic acids is 1. The van der Waals surface area contributed by atoms with Crippen molar-refractivity contribution in [2.45, 2.75) is 59.0 Å². The zero-order valence-corrected chi connectivity index (χ0v) is 15.3. The van der Waals surface area contributed by atoms with E-state index in [1.54, 1.807) is 6.20 Å². The number of anilines is 1. The second-order valence-electron chi connectivity index (χ2n) is 7.22. The summed E-state index contributed by atoms with van der Waals surface area (Å²) in [5, 5.41) is 14.4. The van der Waals surface area contributed by atoms with Gasteiger partial charge in [0.25, 0.3) is 0 Å². The third-order valence-electron chi connectivity index (χ3n) is 4.93. The van der Waals surface area contributed by atoms with Gasteiger partial charge in [-0.25, -0.2) is 4.79 Å². The molecule has 0 aromatic carbocycles. The van der Waals surface area contributed by atoms with E-state index in [1.165, 1.54) is 0 Å². The maximum absolute atomic E-state index is 12.8. The highest BCUT2D eigenvalue weighted by Gasteiger charge is 2.29. The highest BCUT2D eigenvalue weighted by atomic mass is 16.2. The largest absolute Gasteiger partial charge is 0.322 e. The van der Waals surface area contributed by atoms with Gasteiger partial charge in [-0.05, 0) is 38.5 Å². The van der Waals surface area contributed by atoms with E-state index in [0.29, 0.717) is 5.92 Å². The molecule has 136 valence electrons. The highest BCUT2D eigenvalue weighted by Crippen LogP contribution is 2.31. The first-order valence-corrected chi connectivity index (χ1v) is 9.15. The minimum atomic E-state index is -0.0580. The highest BCUT2D eigenvalue weighted by molar-refractivity contribution is 5.90. The van der Waals surface area contributed by atoms with Crippen molar-refractivity contribution >= 4 is 11.7 Å². The van der Waals surface area contributed by atoms with Crippen LogP contribution in [0.5, 0.6) is 0 Å². The number of aryl methyl sites for hydroxylation is 1. The van der Waals surface area contributed by atoms with Gasteiger partial charge in [-0.2, -0.15) is 10.2 Å². The summed E-state index contributed by atoms with van der Waals surface area (Å²) in [7, 11) is 0. The average molecular weight is 344 g/mol. The number of nitrogens with zero attached hydrogens (tertiary/aromatic N) is 4. The van der Waals surface area contributed by atoms with E-state index in [-0.39, 0.29) is 12.1 Å². The van der Waals surface area contributed by atoms with E-state index in [9.17, 15) is 4.79 Å². The van der Waals surface area contributed by atoms with Gasteiger partial charge in [-0.1, -0.05) is 13.8 Å². The number of aromatic amines is 1. The lowest BCUT2D eigenvalue weighted by Gasteiger charge is -2.35. The van der Waals surface area contributed by atoms with Gasteiger partial charge in [0.2, 0.25) is 0 Å². The lowest BCUT2D eigenvalue weighted by atomic mass is 9.98. The lowest BCUT2D eigenvalue weighted by Crippen LogP contribution is -2.41. The fourth-order valence-electron chi connectivity index (χ4n) is 3.33. The molecule has 3 heterocycles. The van der Waals surface area contributed by atoms with Gasteiger partial charge in [0, 0.05) is 24.8 Å². The molecule has 0 bridgehead atoms. The molecule has 0 saturated carbocycles. The van der Waals surface area contributed by atoms with Crippen molar-refractivity contribution in [2.24, 2.45) is 5.92 Å². The number of piperidine rings is 1. The number of rotatable bonds is 5. The average Bonchev–Trinajstić information content (AvgIpc) is 3.24. The Kier molecular flexibility index (Phi) is 5.40. The van der Waals surface area contributed by atoms with Crippen molar-refractivity contribution in [1.82, 2.24) is 24.9 Å². The third-order valence-corrected chi connectivity index (χ3v) is 4.93. The molecule has 7 heteroatoms. The van der Waals surface area contributed by atoms with Crippen LogP contribution in [0.4, 0.5) is 10.5 Å². The summed E-state index contributed by atoms with van der Waals surface area (Å²) in [5.41, 5.74) is 2.87. The van der Waals surface area contributed by atoms with E-state index in [0.717, 1.165) is 55.7 Å². The van der Waals surface area contributed by atoms with Crippen LogP contribution >= 0.6 is 0 Å². The fourth-order valence-corrected chi connectivity index (χ4v) is 3.33. The van der Waals surface area contributed by atoms with Crippen LogP contribution in [0.1, 0.15) is 56.8 Å². The maximum Gasteiger partial charge on any atom is 0.322 e. The van der Waals surface area contributed by atoms with Crippen LogP contribution in [-0.2, 0) is 6.54 Å². The molecule has 2 aromatic heterocycles. The van der Waals surface area contributed by atoms with Crippen LogP contribution in [0.25, 0.3) is 0 Å². The van der Waals surface area contributed by atoms with Gasteiger partial charge in [-0.15, -0.1) is 0 Å². The van der Waals surface area contributed by atoms with Crippen molar-refractivity contribution in [1.29, 1.82) is 0 Å². The monoisotopic (exact) mass is 344 g/mol. The normalized spacial score (nSPS) is 17.9. The number of nitrogens with one attached hydrogen (secondary N) is 2. The zero-order chi connectivity index (χ0) is 17.8. The molecule has 0 aliphatic carbocycles. The molecule has 1 atom stereocenters. The molecule has 0 unspecified atom stereocenters. The Morgan fingerprint density at radius 2 is 2.24 bits per heavy atom. The van der Waals surface area contributed by atoms with Crippen molar-refractivity contribution in [3.63, 3.8) is 0 Å². The fraction of sp³-hybridized carbons (Fsp3) is 0.611. The Bertz CT molecular complexity index is 690. The van der Waals surface area contributed by atoms with E-state index in [4.69, 9.17) is 0 Å². The Balaban J connectivity index is 1.68. The summed E-state index contributed by atoms with van der Waals surface area (Å²) in [5.74, 6) is 0.630. The number of carbonyl (C=O) groups is 1. The molecule has 2 aromatic rings. The van der Waals surface area contributed by atoms with Gasteiger partial charge in [0.15, 0.2) is 0 Å². The zero-order valence-electron chi connectivity index (χ0n) is 15.3. The van der Waals surface area contributed by atoms with Crippen LogP contribution in [0.3, 0.4) is 0 Å². The van der Waals surface area contributed by atoms with Gasteiger partial charge >= 0.3 is 6.03 Å². The molecule has 1 aliphatic heterocycles. The molecule has 7 nitrogen and oxygen atoms in total. The quantitative estimate of drug-likeness (QED) is 0.867. The summed E-state index contributed by atoms with van der Waals surface area (Å²) in [6.07, 6.45) is 9.66. The molecule has 2 amide bonds. The van der Waals surface area contributed by atoms with Gasteiger partial charge < -0.3 is 10.2 Å². The number of likely N-dealkylation sites (tertiary alicyclic amines) is 1. The van der Waals surface area contributed by atoms with Crippen molar-refractivity contribution in [3.8, 4) is 0 Å². The first-order valence-electron chi connectivity index (χ1n) is 9.15. The van der Waals surface area contributed by atoms with Crippen LogP contribution < -0.4 is 5.32 Å². The number of hydrogen-bond acceptors (Lipinski definition) is 3. The molecule has 2 N–H and O–H groups in total. The number of urea groups is 1. The number of amides is 2. The predicted octanol–water partition coefficient (Wildman–Crippen LogP) is 3.72. The number of H-pyrrole nitrogens is 1. The van der Waals surface area contributed by atoms with Gasteiger partial charge in [-0.3, -0.25) is 9.78 Å². The molecular weight excluding hydrogens is 316 g/mol. The van der Waals surface area contributed by atoms with Crippen molar-refractivity contribution in [2.75, 3.05) is 11.9 Å². The van der Waals surface area contributed by atoms with Crippen LogP contribution in [0, 0.1) is 12.8 Å². The van der Waals surface area contributed by atoms with Crippen LogP contribution in [0.15, 0.2) is 18.6 Å². The molecule has 0 radical (unpaired) electrons. The second kappa shape index (κ2) is 7.72.